The van der Waals surface area contributed by atoms with Crippen molar-refractivity contribution in [2.45, 2.75) is 146 Å². The van der Waals surface area contributed by atoms with Crippen LogP contribution in [-0.2, 0) is 55.8 Å². The van der Waals surface area contributed by atoms with Gasteiger partial charge < -0.3 is 117 Å². The Hall–Kier alpha value is -8.74. The average Bonchev–Trinajstić information content (AvgIpc) is 1.78. The predicted molar refractivity (Wildman–Crippen MR) is 369 cm³/mol. The number of likely N-dealkylation sites (tertiary alicyclic amines) is 2. The van der Waals surface area contributed by atoms with E-state index in [1.54, 1.807) is 9.80 Å². The lowest BCUT2D eigenvalue weighted by atomic mass is 9.87. The summed E-state index contributed by atoms with van der Waals surface area (Å²) in [5, 5.41) is 69.9. The van der Waals surface area contributed by atoms with Crippen molar-refractivity contribution in [1.29, 1.82) is 0 Å². The summed E-state index contributed by atoms with van der Waals surface area (Å²) in [6.07, 6.45) is -13.2. The lowest BCUT2D eigenvalue weighted by Gasteiger charge is -2.35. The van der Waals surface area contributed by atoms with E-state index in [1.165, 1.54) is 82.0 Å². The quantitative estimate of drug-likeness (QED) is 0.0193. The number of aliphatic hydroxyl groups excluding tert-OH is 6. The molecular weight excluding hydrogens is 1380 g/mol. The number of aliphatic hydroxyl groups is 6. The molecule has 6 fully saturated rings. The molecule has 6 saturated heterocycles. The van der Waals surface area contributed by atoms with Crippen LogP contribution in [0.1, 0.15) is 112 Å². The van der Waals surface area contributed by atoms with E-state index in [9.17, 15) is 59.4 Å². The molecule has 0 aliphatic carbocycles. The number of amides is 5. The lowest BCUT2D eigenvalue weighted by molar-refractivity contribution is -0.242. The molecule has 105 heavy (non-hydrogen) atoms. The first-order chi connectivity index (χ1) is 50.3. The summed E-state index contributed by atoms with van der Waals surface area (Å²) in [5.74, 6) is -1.40. The van der Waals surface area contributed by atoms with E-state index in [0.29, 0.717) is 69.7 Å². The van der Waals surface area contributed by atoms with Gasteiger partial charge in [0.2, 0.25) is 12.6 Å². The van der Waals surface area contributed by atoms with Gasteiger partial charge in [0.05, 0.1) is 119 Å². The van der Waals surface area contributed by atoms with E-state index in [2.05, 4.69) is 29.1 Å². The highest BCUT2D eigenvalue weighted by atomic mass is 16.7. The van der Waals surface area contributed by atoms with Crippen LogP contribution in [0.2, 0.25) is 0 Å². The number of hydrogen-bond donors (Lipinski definition) is 9. The maximum Gasteiger partial charge on any atom is 0.411 e. The zero-order valence-corrected chi connectivity index (χ0v) is 59.4. The first-order valence-electron chi connectivity index (χ1n) is 34.5. The van der Waals surface area contributed by atoms with Crippen LogP contribution < -0.4 is 44.4 Å². The zero-order chi connectivity index (χ0) is 75.2. The summed E-state index contributed by atoms with van der Waals surface area (Å²) in [5.41, 5.74) is 1.76. The number of carbonyl (C=O) groups is 6. The van der Waals surface area contributed by atoms with Crippen LogP contribution in [0.5, 0.6) is 34.5 Å². The number of ketones is 1. The van der Waals surface area contributed by atoms with Crippen LogP contribution in [0.15, 0.2) is 85.0 Å². The van der Waals surface area contributed by atoms with E-state index < -0.39 is 116 Å². The minimum Gasteiger partial charge on any atom is -0.493 e. The molecule has 32 nitrogen and oxygen atoms in total. The summed E-state index contributed by atoms with van der Waals surface area (Å²) in [6.45, 7) is 14.6. The Balaban J connectivity index is 0.822. The Morgan fingerprint density at radius 1 is 0.524 bits per heavy atom. The number of benzene rings is 4. The summed E-state index contributed by atoms with van der Waals surface area (Å²) in [4.78, 5) is 87.9. The third-order valence-corrected chi connectivity index (χ3v) is 17.9. The maximum atomic E-state index is 14.8. The zero-order valence-electron chi connectivity index (χ0n) is 59.4. The Bertz CT molecular complexity index is 3760. The molecular formula is C73H93N5O27. The van der Waals surface area contributed by atoms with Crippen molar-refractivity contribution in [2.75, 3.05) is 111 Å². The highest BCUT2D eigenvalue weighted by Crippen LogP contribution is 2.41. The highest BCUT2D eigenvalue weighted by Gasteiger charge is 2.45. The second kappa shape index (κ2) is 36.0. The average molecular weight is 1470 g/mol. The largest absolute Gasteiger partial charge is 0.493 e. The number of unbranched alkanes of at least 4 members (excludes halogenated alkanes) is 2. The van der Waals surface area contributed by atoms with Crippen LogP contribution in [0.3, 0.4) is 0 Å². The fraction of sp³-hybridized carbons (Fsp3) is 0.534. The Kier molecular flexibility index (Phi) is 27.1. The van der Waals surface area contributed by atoms with Gasteiger partial charge in [0.25, 0.3) is 17.7 Å². The number of Topliss-reactive ketones (excluding diaryl/α,β-unsaturated/α-hetero) is 1. The van der Waals surface area contributed by atoms with Crippen molar-refractivity contribution in [1.82, 2.24) is 15.1 Å². The highest BCUT2D eigenvalue weighted by molar-refractivity contribution is 6.05. The molecule has 0 spiro atoms. The number of carbonyl (C=O) groups excluding carboxylic acids is 6. The number of hydrogen-bond acceptors (Lipinski definition) is 27. The van der Waals surface area contributed by atoms with Crippen LogP contribution in [0, 0.1) is 5.41 Å². The molecule has 0 unspecified atom stereocenters. The van der Waals surface area contributed by atoms with Gasteiger partial charge in [-0.3, -0.25) is 29.8 Å². The molecule has 5 amide bonds. The molecule has 4 aromatic rings. The van der Waals surface area contributed by atoms with Crippen molar-refractivity contribution in [3.63, 3.8) is 0 Å². The summed E-state index contributed by atoms with van der Waals surface area (Å²) < 4.78 is 86.6. The van der Waals surface area contributed by atoms with Gasteiger partial charge in [-0.15, -0.1) is 0 Å². The van der Waals surface area contributed by atoms with Gasteiger partial charge in [-0.05, 0) is 85.0 Å². The van der Waals surface area contributed by atoms with E-state index >= 15 is 0 Å². The smallest absolute Gasteiger partial charge is 0.411 e. The van der Waals surface area contributed by atoms with Gasteiger partial charge in [-0.1, -0.05) is 57.2 Å². The number of methoxy groups -OCH3 is 3. The van der Waals surface area contributed by atoms with Crippen molar-refractivity contribution < 1.29 is 130 Å². The fourth-order valence-corrected chi connectivity index (χ4v) is 12.5. The van der Waals surface area contributed by atoms with E-state index in [4.69, 9.17) is 71.1 Å². The molecule has 10 atom stereocenters. The van der Waals surface area contributed by atoms with Crippen LogP contribution in [-0.4, -0.2) is 250 Å². The van der Waals surface area contributed by atoms with Gasteiger partial charge in [-0.25, -0.2) is 9.59 Å². The Morgan fingerprint density at radius 2 is 0.962 bits per heavy atom. The molecule has 0 radical (unpaired) electrons. The van der Waals surface area contributed by atoms with Gasteiger partial charge in [0, 0.05) is 45.3 Å². The molecule has 10 rings (SSSR count). The number of ether oxygens (including phenoxy) is 15. The molecule has 0 bridgehead atoms. The van der Waals surface area contributed by atoms with E-state index in [-0.39, 0.29) is 140 Å². The molecule has 572 valence electrons. The number of rotatable bonds is 30. The van der Waals surface area contributed by atoms with Gasteiger partial charge in [0.15, 0.2) is 41.4 Å². The minimum absolute atomic E-state index is 0.00126. The Labute approximate surface area is 606 Å². The first kappa shape index (κ1) is 78.8. The monoisotopic (exact) mass is 1470 g/mol. The van der Waals surface area contributed by atoms with Crippen molar-refractivity contribution in [2.24, 2.45) is 5.41 Å². The third-order valence-electron chi connectivity index (χ3n) is 17.9. The van der Waals surface area contributed by atoms with Gasteiger partial charge >= 0.3 is 12.2 Å². The molecule has 4 aromatic carbocycles. The normalized spacial score (nSPS) is 23.6. The topological polar surface area (TPSA) is 405 Å². The molecule has 32 heteroatoms. The molecule has 9 N–H and O–H groups in total. The minimum atomic E-state index is -1.67. The van der Waals surface area contributed by atoms with Gasteiger partial charge in [-0.2, -0.15) is 0 Å². The number of nitrogens with one attached hydrogen (secondary N) is 3. The van der Waals surface area contributed by atoms with Gasteiger partial charge in [0.1, 0.15) is 61.3 Å². The van der Waals surface area contributed by atoms with Crippen molar-refractivity contribution >= 4 is 47.1 Å². The molecule has 6 aliphatic heterocycles. The summed E-state index contributed by atoms with van der Waals surface area (Å²) in [6, 6.07) is 13.4. The standard InChI is InChI=1S/C73H93N5O27/c1-39-24-49(67-96-20-21-97-67)77(33-39)65(87)43-28-56(92-7)58(30-47(43)75-71(89)102-35-41-12-14-54(45(26-41)51(79)32-73(3,4)5)104-69-62(84)60(82)52(80)37-100-69)94-17-10-9-11-18-95-59-31-48(44(29-57(59)93-8)66(88)78-34-40(2)25-50(78)68-98-22-23-99-68)76-72(90)103-36-42-13-15-55(46(27-42)64(86)74-16-19-91-6)105-70-63(85)61(83)53(81)38-101-70/h12-15,26-31,49-50,52-53,60-63,67-70,80-85H,1-2,9-11,16-25,32-38H2,3-8H3,(H,74,86)(H,75,89)(H,76,90)/t49-,50-,52+,53+,60-,61-,62+,63+,69-,70-/m0/s1. The second-order valence-electron chi connectivity index (χ2n) is 27.2. The Morgan fingerprint density at radius 3 is 1.39 bits per heavy atom. The van der Waals surface area contributed by atoms with Crippen molar-refractivity contribution in [3.05, 3.63) is 118 Å². The second-order valence-corrected chi connectivity index (χ2v) is 27.2. The lowest BCUT2D eigenvalue weighted by Crippen LogP contribution is -2.54. The van der Waals surface area contributed by atoms with E-state index in [0.717, 1.165) is 11.1 Å². The fourth-order valence-electron chi connectivity index (χ4n) is 12.5. The molecule has 0 aromatic heterocycles. The summed E-state index contributed by atoms with van der Waals surface area (Å²) in [7, 11) is 4.26. The predicted octanol–water partition coefficient (Wildman–Crippen LogP) is 4.75. The third kappa shape index (κ3) is 20.1. The van der Waals surface area contributed by atoms with Crippen LogP contribution in [0.25, 0.3) is 0 Å². The molecule has 6 aliphatic rings. The molecule has 0 saturated carbocycles. The number of anilines is 2. The van der Waals surface area contributed by atoms with Crippen molar-refractivity contribution in [3.8, 4) is 34.5 Å². The summed E-state index contributed by atoms with van der Waals surface area (Å²) >= 11 is 0. The van der Waals surface area contributed by atoms with Crippen LogP contribution in [0.4, 0.5) is 21.0 Å². The SMILES string of the molecule is C=C1C[C@@H](C2OCCO2)N(C(=O)c2cc(OC)c(OCCCCCOc3cc(NC(=O)OCc4ccc(O[C@@H]5OC[C@@H](O)[C@H](O)[C@H]5O)c(C(=O)NCCOC)c4)c(C(=O)N4CC(=C)C[C@H]4C4OCCO4)cc3OC)cc2NC(=O)OCc2ccc(O[C@@H]3OC[C@@H](O)[C@H](O)[C@H]3O)c(C(=O)CC(C)(C)C)c2)C1. The first-order valence-corrected chi connectivity index (χ1v) is 34.5. The number of nitrogens with zero attached hydrogens (tertiary/aromatic N) is 2. The molecule has 6 heterocycles. The van der Waals surface area contributed by atoms with Crippen LogP contribution >= 0.6 is 0 Å². The van der Waals surface area contributed by atoms with E-state index in [1.807, 2.05) is 20.8 Å². The maximum absolute atomic E-state index is 14.8.